The molecule has 8 rings (SSSR count). The predicted molar refractivity (Wildman–Crippen MR) is 236 cm³/mol. The molecule has 6 amide bonds. The Morgan fingerprint density at radius 3 is 1.90 bits per heavy atom. The minimum atomic E-state index is -1.25. The van der Waals surface area contributed by atoms with E-state index in [-0.39, 0.29) is 68.8 Å². The molecule has 4 aliphatic heterocycles. The number of piperidine rings is 1. The topological polar surface area (TPSA) is 257 Å². The fourth-order valence-corrected chi connectivity index (χ4v) is 8.82. The second-order valence-electron chi connectivity index (χ2n) is 16.6. The molecule has 10 N–H and O–H groups in total. The number of aromatic amines is 1. The molecule has 4 aliphatic rings. The number of nitrogens with zero attached hydrogens (tertiary/aromatic N) is 3. The molecule has 0 unspecified atom stereocenters. The van der Waals surface area contributed by atoms with Crippen molar-refractivity contribution in [1.82, 2.24) is 36.1 Å². The minimum Gasteiger partial charge on any atom is -0.508 e. The summed E-state index contributed by atoms with van der Waals surface area (Å²) in [6, 6.07) is 17.5. The van der Waals surface area contributed by atoms with Gasteiger partial charge < -0.3 is 52.6 Å². The van der Waals surface area contributed by atoms with Crippen molar-refractivity contribution in [3.05, 3.63) is 102 Å². The number of hydrogen-bond acceptors (Lipinski definition) is 8. The highest BCUT2D eigenvalue weighted by Crippen LogP contribution is 2.27. The van der Waals surface area contributed by atoms with Crippen LogP contribution < -0.4 is 32.7 Å². The highest BCUT2D eigenvalue weighted by Gasteiger charge is 2.41. The number of nitrogens with two attached hydrogens (primary N) is 2. The Hall–Kier alpha value is -6.91. The molecular weight excluding hydrogens is 805 g/mol. The molecule has 63 heavy (non-hydrogen) atoms. The van der Waals surface area contributed by atoms with Gasteiger partial charge in [0.2, 0.25) is 35.4 Å². The molecule has 17 heteroatoms. The van der Waals surface area contributed by atoms with Crippen LogP contribution in [-0.2, 0) is 48.0 Å². The first kappa shape index (κ1) is 44.2. The number of fused-ring (bicyclic) bond motifs is 15. The number of hydrogen-bond donors (Lipinski definition) is 8. The quantitative estimate of drug-likeness (QED) is 0.0492. The highest BCUT2D eigenvalue weighted by molar-refractivity contribution is 5.97. The summed E-state index contributed by atoms with van der Waals surface area (Å²) in [5.41, 5.74) is 14.0. The van der Waals surface area contributed by atoms with Crippen LogP contribution >= 0.6 is 0 Å². The van der Waals surface area contributed by atoms with E-state index in [0.29, 0.717) is 44.2 Å². The monoisotopic (exact) mass is 860 g/mol. The third-order valence-corrected chi connectivity index (χ3v) is 12.2. The standard InChI is InChI=1S/C46H56N10O7/c47-46(48)49-20-6-12-35-45(63)55-22-18-30(19-23-55)44(62)56-21-7-13-39(56)43(61)54-37(24-28-8-2-1-3-9-28)41(59)53-38(26-31-27-50-34-11-5-4-10-33(31)34)42(60)52-36(40(58)51-35)25-29-14-16-32(57)17-15-29/h1-5,8-11,14-17,27,30,35-39,50,57H,6-7,12-13,18-26H2,(H,51,58)(H,52,60)(H,53,59)(H,54,61)(H4,47,48,49)/t35-,36-,37-,38-,39-/m0/s1. The van der Waals surface area contributed by atoms with Crippen molar-refractivity contribution in [2.24, 2.45) is 22.4 Å². The van der Waals surface area contributed by atoms with Crippen molar-refractivity contribution in [1.29, 1.82) is 0 Å². The predicted octanol–water partition coefficient (Wildman–Crippen LogP) is 1.14. The number of aliphatic imine (C=N–C) groups is 1. The number of carbonyl (C=O) groups excluding carboxylic acids is 6. The lowest BCUT2D eigenvalue weighted by Gasteiger charge is -2.36. The first-order valence-corrected chi connectivity index (χ1v) is 21.7. The third-order valence-electron chi connectivity index (χ3n) is 12.2. The van der Waals surface area contributed by atoms with Crippen LogP contribution in [0.5, 0.6) is 5.75 Å². The fraction of sp³-hybridized carbons (Fsp3) is 0.413. The van der Waals surface area contributed by atoms with Crippen molar-refractivity contribution in [3.63, 3.8) is 0 Å². The lowest BCUT2D eigenvalue weighted by molar-refractivity contribution is -0.146. The van der Waals surface area contributed by atoms with Gasteiger partial charge in [0.1, 0.15) is 36.0 Å². The number of rotatable bonds is 10. The van der Waals surface area contributed by atoms with Crippen LogP contribution in [0.2, 0.25) is 0 Å². The zero-order chi connectivity index (χ0) is 44.5. The van der Waals surface area contributed by atoms with E-state index >= 15 is 0 Å². The second kappa shape index (κ2) is 20.3. The molecular formula is C46H56N10O7. The van der Waals surface area contributed by atoms with Gasteiger partial charge in [-0.05, 0) is 73.4 Å². The summed E-state index contributed by atoms with van der Waals surface area (Å²) in [5.74, 6) is -3.48. The molecule has 0 aliphatic carbocycles. The van der Waals surface area contributed by atoms with Gasteiger partial charge >= 0.3 is 0 Å². The van der Waals surface area contributed by atoms with Gasteiger partial charge in [0, 0.05) is 68.5 Å². The summed E-state index contributed by atoms with van der Waals surface area (Å²) < 4.78 is 0. The molecule has 4 aromatic rings. The van der Waals surface area contributed by atoms with Gasteiger partial charge in [-0.25, -0.2) is 0 Å². The first-order valence-electron chi connectivity index (χ1n) is 21.7. The molecule has 0 saturated carbocycles. The Bertz CT molecular complexity index is 2300. The van der Waals surface area contributed by atoms with Crippen LogP contribution in [0.4, 0.5) is 0 Å². The van der Waals surface area contributed by atoms with E-state index in [4.69, 9.17) is 11.5 Å². The molecule has 0 spiro atoms. The molecule has 4 fully saturated rings. The smallest absolute Gasteiger partial charge is 0.245 e. The zero-order valence-corrected chi connectivity index (χ0v) is 35.1. The van der Waals surface area contributed by atoms with Crippen LogP contribution in [0.25, 0.3) is 10.9 Å². The molecule has 3 aromatic carbocycles. The zero-order valence-electron chi connectivity index (χ0n) is 35.1. The van der Waals surface area contributed by atoms with Crippen molar-refractivity contribution in [3.8, 4) is 5.75 Å². The molecule has 0 radical (unpaired) electrons. The van der Waals surface area contributed by atoms with Crippen LogP contribution in [0.3, 0.4) is 0 Å². The Labute approximate surface area is 365 Å². The lowest BCUT2D eigenvalue weighted by atomic mass is 9.94. The lowest BCUT2D eigenvalue weighted by Crippen LogP contribution is -2.61. The SMILES string of the molecule is NC(N)=NCCC[C@@H]1NC(=O)[C@H](Cc2ccc(O)cc2)NC(=O)[C@H](Cc2c[nH]c3ccccc23)NC(=O)[C@H](Cc2ccccc2)NC(=O)[C@@H]2CCCN2C(=O)C2CCN(CC2)C1=O. The number of carbonyl (C=O) groups is 6. The van der Waals surface area contributed by atoms with E-state index in [1.54, 1.807) is 28.1 Å². The van der Waals surface area contributed by atoms with Crippen molar-refractivity contribution < 1.29 is 33.9 Å². The van der Waals surface area contributed by atoms with Gasteiger partial charge in [-0.3, -0.25) is 33.8 Å². The van der Waals surface area contributed by atoms with E-state index in [0.717, 1.165) is 22.0 Å². The van der Waals surface area contributed by atoms with Gasteiger partial charge in [0.05, 0.1) is 0 Å². The van der Waals surface area contributed by atoms with Crippen LogP contribution in [0.15, 0.2) is 90.1 Å². The molecule has 1 aromatic heterocycles. The summed E-state index contributed by atoms with van der Waals surface area (Å²) in [7, 11) is 0. The Kier molecular flexibility index (Phi) is 14.2. The number of phenols is 1. The number of H-pyrrole nitrogens is 1. The van der Waals surface area contributed by atoms with Gasteiger partial charge in [-0.1, -0.05) is 60.7 Å². The molecule has 2 bridgehead atoms. The minimum absolute atomic E-state index is 0.00823. The van der Waals surface area contributed by atoms with Crippen LogP contribution in [0, 0.1) is 5.92 Å². The van der Waals surface area contributed by atoms with E-state index in [1.807, 2.05) is 54.6 Å². The molecule has 5 heterocycles. The maximum absolute atomic E-state index is 14.7. The maximum atomic E-state index is 14.7. The summed E-state index contributed by atoms with van der Waals surface area (Å²) >= 11 is 0. The summed E-state index contributed by atoms with van der Waals surface area (Å²) in [5, 5.41) is 22.5. The number of phenolic OH excluding ortho intramolecular Hbond substituents is 1. The summed E-state index contributed by atoms with van der Waals surface area (Å²) in [4.78, 5) is 96.9. The molecule has 332 valence electrons. The normalized spacial score (nSPS) is 24.0. The number of aromatic hydroxyl groups is 1. The van der Waals surface area contributed by atoms with E-state index in [2.05, 4.69) is 31.2 Å². The molecule has 4 saturated heterocycles. The second-order valence-corrected chi connectivity index (χ2v) is 16.6. The maximum Gasteiger partial charge on any atom is 0.245 e. The Morgan fingerprint density at radius 2 is 1.24 bits per heavy atom. The number of aromatic nitrogens is 1. The Morgan fingerprint density at radius 1 is 0.651 bits per heavy atom. The Balaban J connectivity index is 1.26. The highest BCUT2D eigenvalue weighted by atomic mass is 16.3. The molecule has 17 nitrogen and oxygen atoms in total. The molecule has 5 atom stereocenters. The average molecular weight is 861 g/mol. The average Bonchev–Trinajstić information content (AvgIpc) is 3.95. The van der Waals surface area contributed by atoms with Gasteiger partial charge in [0.15, 0.2) is 5.96 Å². The van der Waals surface area contributed by atoms with E-state index in [1.165, 1.54) is 12.1 Å². The van der Waals surface area contributed by atoms with Crippen LogP contribution in [0.1, 0.15) is 55.2 Å². The van der Waals surface area contributed by atoms with E-state index in [9.17, 15) is 33.9 Å². The fourth-order valence-electron chi connectivity index (χ4n) is 8.82. The number of nitrogens with one attached hydrogen (secondary N) is 5. The van der Waals surface area contributed by atoms with E-state index < -0.39 is 59.8 Å². The van der Waals surface area contributed by atoms with Gasteiger partial charge in [-0.15, -0.1) is 0 Å². The van der Waals surface area contributed by atoms with Crippen molar-refractivity contribution in [2.75, 3.05) is 26.2 Å². The van der Waals surface area contributed by atoms with Crippen molar-refractivity contribution in [2.45, 2.75) is 88.0 Å². The number of guanidine groups is 1. The third kappa shape index (κ3) is 11.1. The number of benzene rings is 3. The number of amides is 6. The van der Waals surface area contributed by atoms with Crippen molar-refractivity contribution >= 4 is 52.3 Å². The summed E-state index contributed by atoms with van der Waals surface area (Å²) in [6.45, 7) is 1.09. The largest absolute Gasteiger partial charge is 0.508 e. The van der Waals surface area contributed by atoms with Gasteiger partial charge in [0.25, 0.3) is 0 Å². The van der Waals surface area contributed by atoms with Gasteiger partial charge in [-0.2, -0.15) is 0 Å². The summed E-state index contributed by atoms with van der Waals surface area (Å²) in [6.07, 6.45) is 4.11. The van der Waals surface area contributed by atoms with Crippen LogP contribution in [-0.4, -0.2) is 118 Å². The first-order chi connectivity index (χ1) is 30.4. The number of para-hydroxylation sites is 1.